The van der Waals surface area contributed by atoms with Crippen LogP contribution in [-0.4, -0.2) is 28.1 Å². The summed E-state index contributed by atoms with van der Waals surface area (Å²) in [7, 11) is 0. The molecule has 0 aliphatic heterocycles. The van der Waals surface area contributed by atoms with E-state index >= 15 is 0 Å². The molecule has 0 rings (SSSR count). The van der Waals surface area contributed by atoms with Crippen molar-refractivity contribution in [2.75, 3.05) is 0 Å². The third-order valence-electron chi connectivity index (χ3n) is 0.553. The summed E-state index contributed by atoms with van der Waals surface area (Å²) in [5.41, 5.74) is 0. The fourth-order valence-electron chi connectivity index (χ4n) is 0.214. The molecule has 0 spiro atoms. The second-order valence-corrected chi connectivity index (χ2v) is 1.78. The van der Waals surface area contributed by atoms with Crippen LogP contribution in [-0.2, 0) is 14.4 Å². The molecule has 0 fully saturated rings. The van der Waals surface area contributed by atoms with E-state index in [2.05, 4.69) is 0 Å². The first-order chi connectivity index (χ1) is 5.36. The molecule has 6 nitrogen and oxygen atoms in total. The maximum absolute atomic E-state index is 9.64. The number of carboxylic acid groups (broad SMARTS) is 3. The Morgan fingerprint density at radius 3 is 1.31 bits per heavy atom. The minimum atomic E-state index is -1.08. The van der Waals surface area contributed by atoms with Crippen molar-refractivity contribution < 1.29 is 59.3 Å². The van der Waals surface area contributed by atoms with E-state index in [0.717, 1.165) is 6.92 Å². The predicted molar refractivity (Wildman–Crippen MR) is 35.2 cm³/mol. The van der Waals surface area contributed by atoms with Crippen molar-refractivity contribution in [2.45, 2.75) is 19.8 Å². The van der Waals surface area contributed by atoms with Gasteiger partial charge >= 0.3 is 41.5 Å². The molecule has 0 aromatic carbocycles. The van der Waals surface area contributed by atoms with Gasteiger partial charge in [-0.15, -0.1) is 0 Å². The van der Waals surface area contributed by atoms with Crippen LogP contribution in [0.25, 0.3) is 0 Å². The van der Waals surface area contributed by atoms with Crippen molar-refractivity contribution in [3.63, 3.8) is 0 Å². The van der Waals surface area contributed by atoms with Crippen LogP contribution in [0, 0.1) is 0 Å². The molecule has 0 unspecified atom stereocenters. The molecule has 70 valence electrons. The Balaban J connectivity index is -0.000000173. The minimum Gasteiger partial charge on any atom is -0.550 e. The quantitative estimate of drug-likeness (QED) is 0.445. The minimum absolute atomic E-state index is 0. The zero-order valence-electron chi connectivity index (χ0n) is 7.44. The van der Waals surface area contributed by atoms with E-state index in [1.54, 1.807) is 0 Å². The molecule has 0 saturated heterocycles. The number of carbonyl (C=O) groups is 3. The number of aliphatic carboxylic acids is 3. The SMILES string of the molecule is CC(=O)[O-].O=C(O)CCC(=O)O.[Na+]. The third-order valence-corrected chi connectivity index (χ3v) is 0.553. The van der Waals surface area contributed by atoms with Gasteiger partial charge in [-0.1, -0.05) is 0 Å². The van der Waals surface area contributed by atoms with Crippen molar-refractivity contribution in [3.8, 4) is 0 Å². The molecular weight excluding hydrogens is 191 g/mol. The Bertz CT molecular complexity index is 160. The van der Waals surface area contributed by atoms with Crippen LogP contribution in [0.5, 0.6) is 0 Å². The number of rotatable bonds is 3. The number of carbonyl (C=O) groups excluding carboxylic acids is 1. The van der Waals surface area contributed by atoms with Crippen LogP contribution in [0.3, 0.4) is 0 Å². The zero-order valence-corrected chi connectivity index (χ0v) is 9.44. The van der Waals surface area contributed by atoms with Crippen LogP contribution in [0.4, 0.5) is 0 Å². The molecule has 2 N–H and O–H groups in total. The molecule has 0 heterocycles. The Hall–Kier alpha value is -0.590. The summed E-state index contributed by atoms with van der Waals surface area (Å²) in [4.78, 5) is 28.2. The fourth-order valence-corrected chi connectivity index (χ4v) is 0.214. The van der Waals surface area contributed by atoms with Crippen LogP contribution in [0.15, 0.2) is 0 Å². The van der Waals surface area contributed by atoms with Crippen LogP contribution < -0.4 is 34.7 Å². The van der Waals surface area contributed by atoms with Gasteiger partial charge in [-0.05, 0) is 6.92 Å². The Morgan fingerprint density at radius 1 is 1.08 bits per heavy atom. The Kier molecular flexibility index (Phi) is 16.0. The Morgan fingerprint density at radius 2 is 1.23 bits per heavy atom. The van der Waals surface area contributed by atoms with Gasteiger partial charge in [0.05, 0.1) is 12.8 Å². The molecule has 0 aromatic heterocycles. The smallest absolute Gasteiger partial charge is 0.550 e. The van der Waals surface area contributed by atoms with Gasteiger partial charge in [0.25, 0.3) is 0 Å². The maximum Gasteiger partial charge on any atom is 1.00 e. The van der Waals surface area contributed by atoms with E-state index in [0.29, 0.717) is 0 Å². The molecule has 7 heteroatoms. The summed E-state index contributed by atoms with van der Waals surface area (Å²) in [5.74, 6) is -3.24. The van der Waals surface area contributed by atoms with Crippen LogP contribution in [0.1, 0.15) is 19.8 Å². The monoisotopic (exact) mass is 200 g/mol. The first-order valence-electron chi connectivity index (χ1n) is 2.97. The average Bonchev–Trinajstić information content (AvgIpc) is 1.82. The number of carboxylic acids is 3. The van der Waals surface area contributed by atoms with E-state index in [9.17, 15) is 9.59 Å². The van der Waals surface area contributed by atoms with Crippen molar-refractivity contribution in [2.24, 2.45) is 0 Å². The second kappa shape index (κ2) is 11.4. The van der Waals surface area contributed by atoms with Gasteiger partial charge in [0, 0.05) is 5.97 Å². The molecule has 0 radical (unpaired) electrons. The van der Waals surface area contributed by atoms with E-state index in [1.165, 1.54) is 0 Å². The van der Waals surface area contributed by atoms with E-state index in [4.69, 9.17) is 20.1 Å². The summed E-state index contributed by atoms with van der Waals surface area (Å²) in [6, 6.07) is 0. The predicted octanol–water partition coefficient (Wildman–Crippen LogP) is -4.30. The van der Waals surface area contributed by atoms with Gasteiger partial charge in [0.2, 0.25) is 0 Å². The summed E-state index contributed by atoms with van der Waals surface area (Å²) in [6.45, 7) is 0.972. The summed E-state index contributed by atoms with van der Waals surface area (Å²) < 4.78 is 0. The maximum atomic E-state index is 9.64. The van der Waals surface area contributed by atoms with Gasteiger partial charge in [0.1, 0.15) is 0 Å². The van der Waals surface area contributed by atoms with Gasteiger partial charge in [-0.2, -0.15) is 0 Å². The molecule has 0 aliphatic carbocycles. The molecule has 0 bridgehead atoms. The molecule has 0 aromatic rings. The molecule has 0 saturated carbocycles. The largest absolute Gasteiger partial charge is 1.00 e. The number of hydrogen-bond acceptors (Lipinski definition) is 4. The van der Waals surface area contributed by atoms with Gasteiger partial charge < -0.3 is 20.1 Å². The van der Waals surface area contributed by atoms with Crippen molar-refractivity contribution in [1.82, 2.24) is 0 Å². The molecule has 0 aliphatic rings. The second-order valence-electron chi connectivity index (χ2n) is 1.78. The van der Waals surface area contributed by atoms with Gasteiger partial charge in [-0.25, -0.2) is 0 Å². The Labute approximate surface area is 96.9 Å². The van der Waals surface area contributed by atoms with Gasteiger partial charge in [-0.3, -0.25) is 9.59 Å². The van der Waals surface area contributed by atoms with Crippen molar-refractivity contribution >= 4 is 17.9 Å². The average molecular weight is 200 g/mol. The number of hydrogen-bond donors (Lipinski definition) is 2. The van der Waals surface area contributed by atoms with Crippen LogP contribution in [0.2, 0.25) is 0 Å². The van der Waals surface area contributed by atoms with E-state index < -0.39 is 17.9 Å². The van der Waals surface area contributed by atoms with Gasteiger partial charge in [0.15, 0.2) is 0 Å². The first kappa shape index (κ1) is 18.2. The fraction of sp³-hybridized carbons (Fsp3) is 0.500. The van der Waals surface area contributed by atoms with Crippen molar-refractivity contribution in [1.29, 1.82) is 0 Å². The molecule has 0 atom stereocenters. The zero-order chi connectivity index (χ0) is 10.1. The van der Waals surface area contributed by atoms with Crippen molar-refractivity contribution in [3.05, 3.63) is 0 Å². The van der Waals surface area contributed by atoms with E-state index in [1.807, 2.05) is 0 Å². The summed E-state index contributed by atoms with van der Waals surface area (Å²) in [6.07, 6.45) is -0.593. The normalized spacial score (nSPS) is 7.15. The summed E-state index contributed by atoms with van der Waals surface area (Å²) >= 11 is 0. The molecular formula is C6H9NaO6. The summed E-state index contributed by atoms with van der Waals surface area (Å²) in [5, 5.41) is 24.7. The van der Waals surface area contributed by atoms with E-state index in [-0.39, 0.29) is 42.4 Å². The van der Waals surface area contributed by atoms with Crippen LogP contribution >= 0.6 is 0 Å². The topological polar surface area (TPSA) is 115 Å². The third kappa shape index (κ3) is 52.0. The first-order valence-corrected chi connectivity index (χ1v) is 2.97. The molecule has 13 heavy (non-hydrogen) atoms. The molecule has 0 amide bonds. The standard InChI is InChI=1S/C4H6O4.C2H4O2.Na/c5-3(6)1-2-4(7)8;1-2(3)4;/h1-2H2,(H,5,6)(H,7,8);1H3,(H,3,4);/q;;+1/p-1.